The summed E-state index contributed by atoms with van der Waals surface area (Å²) in [5.41, 5.74) is 1.60. The summed E-state index contributed by atoms with van der Waals surface area (Å²) in [5, 5.41) is 12.6. The summed E-state index contributed by atoms with van der Waals surface area (Å²) in [7, 11) is 0. The van der Waals surface area contributed by atoms with Crippen LogP contribution < -0.4 is 4.90 Å². The summed E-state index contributed by atoms with van der Waals surface area (Å²) in [6.07, 6.45) is 4.95. The van der Waals surface area contributed by atoms with E-state index in [0.29, 0.717) is 30.6 Å². The van der Waals surface area contributed by atoms with Crippen molar-refractivity contribution in [3.63, 3.8) is 0 Å². The first-order valence-electron chi connectivity index (χ1n) is 10.9. The molecule has 3 heterocycles. The molecule has 7 nitrogen and oxygen atoms in total. The highest BCUT2D eigenvalue weighted by Gasteiger charge is 2.46. The van der Waals surface area contributed by atoms with Crippen molar-refractivity contribution < 1.29 is 9.63 Å². The summed E-state index contributed by atoms with van der Waals surface area (Å²) in [6, 6.07) is 3.96. The first-order chi connectivity index (χ1) is 13.8. The highest BCUT2D eigenvalue weighted by atomic mass is 16.7. The van der Waals surface area contributed by atoms with Gasteiger partial charge in [-0.25, -0.2) is 0 Å². The molecule has 1 aliphatic carbocycles. The van der Waals surface area contributed by atoms with E-state index >= 15 is 0 Å². The highest BCUT2D eigenvalue weighted by Crippen LogP contribution is 2.46. The summed E-state index contributed by atoms with van der Waals surface area (Å²) in [4.78, 5) is 23.0. The molecule has 1 spiro atoms. The number of carbonyl (C=O) groups is 1. The van der Waals surface area contributed by atoms with Gasteiger partial charge in [0.1, 0.15) is 11.3 Å². The molecule has 1 saturated heterocycles. The van der Waals surface area contributed by atoms with Crippen molar-refractivity contribution in [3.8, 4) is 0 Å². The number of hydrogen-bond donors (Lipinski definition) is 0. The third-order valence-corrected chi connectivity index (χ3v) is 6.88. The first-order valence-corrected chi connectivity index (χ1v) is 10.9. The van der Waals surface area contributed by atoms with Crippen molar-refractivity contribution in [2.45, 2.75) is 65.4 Å². The van der Waals surface area contributed by atoms with Gasteiger partial charge in [-0.2, -0.15) is 5.10 Å². The van der Waals surface area contributed by atoms with E-state index in [9.17, 15) is 4.79 Å². The number of carbonyl (C=O) groups excluding carboxylic acids is 1. The molecular formula is C22H33N5O2. The zero-order valence-electron chi connectivity index (χ0n) is 18.1. The third kappa shape index (κ3) is 4.23. The second-order valence-corrected chi connectivity index (χ2v) is 9.94. The Kier molecular flexibility index (Phi) is 5.25. The Balaban J connectivity index is 1.30. The van der Waals surface area contributed by atoms with E-state index in [1.807, 2.05) is 24.0 Å². The maximum absolute atomic E-state index is 13.0. The lowest BCUT2D eigenvalue weighted by molar-refractivity contribution is -0.124. The van der Waals surface area contributed by atoms with Crippen molar-refractivity contribution in [2.24, 2.45) is 16.5 Å². The number of oxime groups is 1. The molecule has 0 radical (unpaired) electrons. The van der Waals surface area contributed by atoms with Gasteiger partial charge in [0.15, 0.2) is 5.82 Å². The monoisotopic (exact) mass is 399 g/mol. The standard InChI is InChI=1S/C22H33N5O2/c1-16-5-6-19(24-23-16)26-11-13-27(14-12-26)20(28)18-15-22(29-25-18)9-7-17(8-10-22)21(2,3)4/h5-6,17H,7-15H2,1-4H3/t17-,22-. The molecule has 3 aliphatic rings. The largest absolute Gasteiger partial charge is 0.388 e. The Morgan fingerprint density at radius 2 is 1.79 bits per heavy atom. The molecule has 1 aromatic rings. The van der Waals surface area contributed by atoms with Crippen LogP contribution in [0.2, 0.25) is 0 Å². The van der Waals surface area contributed by atoms with Gasteiger partial charge >= 0.3 is 0 Å². The van der Waals surface area contributed by atoms with Crippen molar-refractivity contribution >= 4 is 17.4 Å². The van der Waals surface area contributed by atoms with Crippen molar-refractivity contribution in [1.82, 2.24) is 15.1 Å². The molecule has 0 aromatic carbocycles. The highest BCUT2D eigenvalue weighted by molar-refractivity contribution is 6.39. The van der Waals surface area contributed by atoms with Gasteiger partial charge in [0, 0.05) is 32.6 Å². The van der Waals surface area contributed by atoms with E-state index in [0.717, 1.165) is 56.2 Å². The lowest BCUT2D eigenvalue weighted by Gasteiger charge is -2.40. The zero-order valence-corrected chi connectivity index (χ0v) is 18.1. The predicted octanol–water partition coefficient (Wildman–Crippen LogP) is 3.19. The van der Waals surface area contributed by atoms with Crippen LogP contribution in [-0.4, -0.2) is 58.5 Å². The van der Waals surface area contributed by atoms with Crippen molar-refractivity contribution in [1.29, 1.82) is 0 Å². The Morgan fingerprint density at radius 1 is 1.10 bits per heavy atom. The number of amides is 1. The van der Waals surface area contributed by atoms with Crippen molar-refractivity contribution in [2.75, 3.05) is 31.1 Å². The van der Waals surface area contributed by atoms with Gasteiger partial charge in [0.2, 0.25) is 0 Å². The molecule has 0 bridgehead atoms. The van der Waals surface area contributed by atoms with Gasteiger partial charge in [-0.3, -0.25) is 4.79 Å². The Bertz CT molecular complexity index is 767. The molecule has 2 fully saturated rings. The molecule has 1 aromatic heterocycles. The Hall–Kier alpha value is -2.18. The SMILES string of the molecule is Cc1ccc(N2CCN(C(=O)C3=NO[C@]4(CC[C@H](C(C)(C)C)CC4)C3)CC2)nn1. The van der Waals surface area contributed by atoms with Gasteiger partial charge in [0.25, 0.3) is 5.91 Å². The summed E-state index contributed by atoms with van der Waals surface area (Å²) in [5.74, 6) is 1.63. The van der Waals surface area contributed by atoms with E-state index in [1.165, 1.54) is 0 Å². The van der Waals surface area contributed by atoms with Crippen LogP contribution >= 0.6 is 0 Å². The molecule has 158 valence electrons. The number of aromatic nitrogens is 2. The van der Waals surface area contributed by atoms with E-state index in [-0.39, 0.29) is 11.5 Å². The minimum atomic E-state index is -0.244. The van der Waals surface area contributed by atoms with Crippen molar-refractivity contribution in [3.05, 3.63) is 17.8 Å². The van der Waals surface area contributed by atoms with Crippen LogP contribution in [0.3, 0.4) is 0 Å². The summed E-state index contributed by atoms with van der Waals surface area (Å²) < 4.78 is 0. The number of piperazine rings is 1. The molecule has 0 atom stereocenters. The normalized spacial score (nSPS) is 27.7. The third-order valence-electron chi connectivity index (χ3n) is 6.88. The lowest BCUT2D eigenvalue weighted by atomic mass is 9.67. The maximum Gasteiger partial charge on any atom is 0.271 e. The quantitative estimate of drug-likeness (QED) is 0.764. The molecule has 7 heteroatoms. The van der Waals surface area contributed by atoms with Crippen LogP contribution in [0.15, 0.2) is 17.3 Å². The maximum atomic E-state index is 13.0. The number of anilines is 1. The second-order valence-electron chi connectivity index (χ2n) is 9.94. The number of rotatable bonds is 2. The average molecular weight is 400 g/mol. The van der Waals surface area contributed by atoms with Crippen LogP contribution in [0.4, 0.5) is 5.82 Å². The van der Waals surface area contributed by atoms with Gasteiger partial charge in [0.05, 0.1) is 5.69 Å². The fourth-order valence-electron chi connectivity index (χ4n) is 4.80. The van der Waals surface area contributed by atoms with E-state index in [1.54, 1.807) is 0 Å². The minimum Gasteiger partial charge on any atom is -0.388 e. The fraction of sp³-hybridized carbons (Fsp3) is 0.727. The molecule has 0 unspecified atom stereocenters. The van der Waals surface area contributed by atoms with Crippen LogP contribution in [0.1, 0.15) is 58.6 Å². The van der Waals surface area contributed by atoms with E-state index in [4.69, 9.17) is 4.84 Å². The zero-order chi connectivity index (χ0) is 20.6. The van der Waals surface area contributed by atoms with Crippen LogP contribution in [-0.2, 0) is 9.63 Å². The fourth-order valence-corrected chi connectivity index (χ4v) is 4.80. The molecular weight excluding hydrogens is 366 g/mol. The Morgan fingerprint density at radius 3 is 2.38 bits per heavy atom. The van der Waals surface area contributed by atoms with Gasteiger partial charge in [-0.05, 0) is 56.1 Å². The lowest BCUT2D eigenvalue weighted by Crippen LogP contribution is -2.51. The summed E-state index contributed by atoms with van der Waals surface area (Å²) in [6.45, 7) is 11.8. The molecule has 0 N–H and O–H groups in total. The van der Waals surface area contributed by atoms with Gasteiger partial charge in [-0.1, -0.05) is 25.9 Å². The summed E-state index contributed by atoms with van der Waals surface area (Å²) >= 11 is 0. The molecule has 1 amide bonds. The predicted molar refractivity (Wildman–Crippen MR) is 113 cm³/mol. The smallest absolute Gasteiger partial charge is 0.271 e. The number of aryl methyl sites for hydroxylation is 1. The number of nitrogens with zero attached hydrogens (tertiary/aromatic N) is 5. The Labute approximate surface area is 173 Å². The van der Waals surface area contributed by atoms with E-state index in [2.05, 4.69) is 41.0 Å². The number of hydrogen-bond acceptors (Lipinski definition) is 6. The molecule has 4 rings (SSSR count). The van der Waals surface area contributed by atoms with Crippen LogP contribution in [0.5, 0.6) is 0 Å². The van der Waals surface area contributed by atoms with Gasteiger partial charge in [-0.15, -0.1) is 5.10 Å². The molecule has 2 aliphatic heterocycles. The van der Waals surface area contributed by atoms with Crippen LogP contribution in [0.25, 0.3) is 0 Å². The van der Waals surface area contributed by atoms with Crippen LogP contribution in [0, 0.1) is 18.3 Å². The molecule has 29 heavy (non-hydrogen) atoms. The van der Waals surface area contributed by atoms with E-state index < -0.39 is 0 Å². The minimum absolute atomic E-state index is 0.0365. The topological polar surface area (TPSA) is 70.9 Å². The van der Waals surface area contributed by atoms with Gasteiger partial charge < -0.3 is 14.6 Å². The first kappa shape index (κ1) is 20.1. The average Bonchev–Trinajstić information content (AvgIpc) is 3.11. The second kappa shape index (κ2) is 7.58. The molecule has 1 saturated carbocycles.